The quantitative estimate of drug-likeness (QED) is 0.404. The van der Waals surface area contributed by atoms with Crippen molar-refractivity contribution >= 4 is 16.9 Å². The Hall–Kier alpha value is -3.14. The first-order valence-electron chi connectivity index (χ1n) is 10.5. The molecule has 2 nitrogen and oxygen atoms in total. The highest BCUT2D eigenvalue weighted by atomic mass is 32.2. The predicted octanol–water partition coefficient (Wildman–Crippen LogP) is 5.95. The van der Waals surface area contributed by atoms with Gasteiger partial charge in [0.15, 0.2) is 0 Å². The van der Waals surface area contributed by atoms with E-state index in [9.17, 15) is 4.79 Å². The van der Waals surface area contributed by atoms with Crippen LogP contribution in [-0.4, -0.2) is 11.2 Å². The van der Waals surface area contributed by atoms with Crippen molar-refractivity contribution < 1.29 is 4.79 Å². The molecule has 1 fully saturated rings. The zero-order valence-corrected chi connectivity index (χ0v) is 17.8. The Labute approximate surface area is 187 Å². The molecule has 1 heterocycles. The smallest absolute Gasteiger partial charge is 0.209 e. The summed E-state index contributed by atoms with van der Waals surface area (Å²) in [5.41, 5.74) is 3.79. The lowest BCUT2D eigenvalue weighted by atomic mass is 9.65. The minimum Gasteiger partial charge on any atom is -0.290 e. The molecule has 0 aliphatic carbocycles. The van der Waals surface area contributed by atoms with Gasteiger partial charge in [-0.25, -0.2) is 0 Å². The van der Waals surface area contributed by atoms with E-state index >= 15 is 0 Å². The van der Waals surface area contributed by atoms with Gasteiger partial charge in [0.2, 0.25) is 5.12 Å². The molecular weight excluding hydrogens is 398 g/mol. The second-order valence-corrected chi connectivity index (χ2v) is 8.84. The van der Waals surface area contributed by atoms with Gasteiger partial charge >= 0.3 is 0 Å². The Morgan fingerprint density at radius 2 is 0.968 bits per heavy atom. The molecule has 0 aromatic heterocycles. The van der Waals surface area contributed by atoms with E-state index < -0.39 is 11.5 Å². The maximum Gasteiger partial charge on any atom is 0.209 e. The standard InChI is InChI=1S/C28H23NOS/c30-27-25(29-26(31-27)21-13-5-1-6-14-21)28(22-15-7-2-8-16-22,23-17-9-3-10-18-23)24-19-11-4-12-20-24/h1-20,25-26,29H. The fourth-order valence-corrected chi connectivity index (χ4v) is 5.75. The van der Waals surface area contributed by atoms with Crippen molar-refractivity contribution in [3.8, 4) is 0 Å². The molecule has 5 rings (SSSR count). The minimum atomic E-state index is -0.641. The number of carbonyl (C=O) groups excluding carboxylic acids is 1. The Morgan fingerprint density at radius 3 is 1.39 bits per heavy atom. The van der Waals surface area contributed by atoms with Crippen LogP contribution in [0.15, 0.2) is 121 Å². The van der Waals surface area contributed by atoms with Crippen molar-refractivity contribution in [1.29, 1.82) is 0 Å². The van der Waals surface area contributed by atoms with Crippen LogP contribution in [0.4, 0.5) is 0 Å². The molecule has 2 unspecified atom stereocenters. The average molecular weight is 422 g/mol. The molecular formula is C28H23NOS. The summed E-state index contributed by atoms with van der Waals surface area (Å²) in [5, 5.41) is 3.79. The molecule has 31 heavy (non-hydrogen) atoms. The number of hydrogen-bond donors (Lipinski definition) is 1. The van der Waals surface area contributed by atoms with Gasteiger partial charge in [0.1, 0.15) is 0 Å². The summed E-state index contributed by atoms with van der Waals surface area (Å²) in [6.45, 7) is 0. The first-order chi connectivity index (χ1) is 15.3. The molecule has 1 aliphatic rings. The van der Waals surface area contributed by atoms with E-state index in [4.69, 9.17) is 0 Å². The average Bonchev–Trinajstić information content (AvgIpc) is 3.24. The molecule has 1 N–H and O–H groups in total. The fourth-order valence-electron chi connectivity index (χ4n) is 4.63. The highest BCUT2D eigenvalue weighted by molar-refractivity contribution is 8.14. The number of rotatable bonds is 5. The van der Waals surface area contributed by atoms with Gasteiger partial charge in [-0.05, 0) is 22.3 Å². The van der Waals surface area contributed by atoms with Gasteiger partial charge in [0, 0.05) is 0 Å². The third-order valence-electron chi connectivity index (χ3n) is 6.01. The van der Waals surface area contributed by atoms with Crippen LogP contribution >= 0.6 is 11.8 Å². The van der Waals surface area contributed by atoms with E-state index in [0.717, 1.165) is 22.3 Å². The fraction of sp³-hybridized carbons (Fsp3) is 0.107. The largest absolute Gasteiger partial charge is 0.290 e. The summed E-state index contributed by atoms with van der Waals surface area (Å²) in [4.78, 5) is 13.6. The molecule has 2 atom stereocenters. The number of benzene rings is 4. The van der Waals surface area contributed by atoms with Crippen molar-refractivity contribution in [3.63, 3.8) is 0 Å². The Morgan fingerprint density at radius 1 is 0.581 bits per heavy atom. The molecule has 0 saturated carbocycles. The van der Waals surface area contributed by atoms with E-state index in [0.29, 0.717) is 0 Å². The molecule has 0 radical (unpaired) electrons. The van der Waals surface area contributed by atoms with Crippen LogP contribution in [0.25, 0.3) is 0 Å². The zero-order valence-electron chi connectivity index (χ0n) is 17.0. The number of carbonyl (C=O) groups is 1. The SMILES string of the molecule is O=C1SC(c2ccccc2)NC1C(c1ccccc1)(c1ccccc1)c1ccccc1. The maximum atomic E-state index is 13.6. The Bertz CT molecular complexity index is 1050. The Balaban J connectivity index is 1.74. The van der Waals surface area contributed by atoms with E-state index in [-0.39, 0.29) is 10.5 Å². The summed E-state index contributed by atoms with van der Waals surface area (Å²) < 4.78 is 0. The summed E-state index contributed by atoms with van der Waals surface area (Å²) in [7, 11) is 0. The number of hydrogen-bond acceptors (Lipinski definition) is 3. The van der Waals surface area contributed by atoms with Crippen molar-refractivity contribution in [3.05, 3.63) is 144 Å². The summed E-state index contributed by atoms with van der Waals surface area (Å²) >= 11 is 1.39. The molecule has 1 aliphatic heterocycles. The van der Waals surface area contributed by atoms with Gasteiger partial charge in [-0.3, -0.25) is 10.1 Å². The van der Waals surface area contributed by atoms with Gasteiger partial charge < -0.3 is 0 Å². The lowest BCUT2D eigenvalue weighted by molar-refractivity contribution is -0.113. The van der Waals surface area contributed by atoms with E-state index in [1.807, 2.05) is 36.4 Å². The first kappa shape index (κ1) is 19.8. The van der Waals surface area contributed by atoms with Crippen LogP contribution in [-0.2, 0) is 10.2 Å². The van der Waals surface area contributed by atoms with Crippen LogP contribution in [0.3, 0.4) is 0 Å². The van der Waals surface area contributed by atoms with Crippen molar-refractivity contribution in [2.24, 2.45) is 0 Å². The third kappa shape index (κ3) is 3.50. The van der Waals surface area contributed by atoms with Gasteiger partial charge in [-0.1, -0.05) is 133 Å². The molecule has 152 valence electrons. The first-order valence-corrected chi connectivity index (χ1v) is 11.4. The highest BCUT2D eigenvalue weighted by Gasteiger charge is 2.51. The highest BCUT2D eigenvalue weighted by Crippen LogP contribution is 2.48. The summed E-state index contributed by atoms with van der Waals surface area (Å²) in [6, 6.07) is 41.0. The van der Waals surface area contributed by atoms with Crippen molar-refractivity contribution in [2.75, 3.05) is 0 Å². The molecule has 0 spiro atoms. The van der Waals surface area contributed by atoms with Crippen LogP contribution in [0.2, 0.25) is 0 Å². The maximum absolute atomic E-state index is 13.6. The molecule has 1 saturated heterocycles. The molecule has 3 heteroatoms. The van der Waals surface area contributed by atoms with Crippen LogP contribution in [0.5, 0.6) is 0 Å². The molecule has 4 aromatic carbocycles. The Kier molecular flexibility index (Phi) is 5.46. The second kappa shape index (κ2) is 8.54. The topological polar surface area (TPSA) is 29.1 Å². The van der Waals surface area contributed by atoms with E-state index in [2.05, 4.69) is 90.2 Å². The number of thioether (sulfide) groups is 1. The van der Waals surface area contributed by atoms with Gasteiger partial charge in [-0.2, -0.15) is 0 Å². The van der Waals surface area contributed by atoms with E-state index in [1.165, 1.54) is 11.8 Å². The van der Waals surface area contributed by atoms with Crippen LogP contribution in [0.1, 0.15) is 27.6 Å². The normalized spacial score (nSPS) is 18.8. The van der Waals surface area contributed by atoms with Crippen molar-refractivity contribution in [2.45, 2.75) is 16.8 Å². The van der Waals surface area contributed by atoms with Crippen LogP contribution < -0.4 is 5.32 Å². The van der Waals surface area contributed by atoms with Crippen LogP contribution in [0, 0.1) is 0 Å². The van der Waals surface area contributed by atoms with Gasteiger partial charge in [-0.15, -0.1) is 0 Å². The zero-order chi connectivity index (χ0) is 21.1. The summed E-state index contributed by atoms with van der Waals surface area (Å²) in [5.74, 6) is 0. The lowest BCUT2D eigenvalue weighted by Crippen LogP contribution is -2.50. The lowest BCUT2D eigenvalue weighted by Gasteiger charge is -2.40. The molecule has 4 aromatic rings. The summed E-state index contributed by atoms with van der Waals surface area (Å²) in [6.07, 6.45) is 0. The third-order valence-corrected chi connectivity index (χ3v) is 7.12. The molecule has 0 amide bonds. The predicted molar refractivity (Wildman–Crippen MR) is 128 cm³/mol. The van der Waals surface area contributed by atoms with Crippen molar-refractivity contribution in [1.82, 2.24) is 5.32 Å². The van der Waals surface area contributed by atoms with Gasteiger partial charge in [0.25, 0.3) is 0 Å². The number of nitrogens with one attached hydrogen (secondary N) is 1. The van der Waals surface area contributed by atoms with Gasteiger partial charge in [0.05, 0.1) is 16.8 Å². The minimum absolute atomic E-state index is 0.0748. The monoisotopic (exact) mass is 421 g/mol. The second-order valence-electron chi connectivity index (χ2n) is 7.73. The molecule has 0 bridgehead atoms. The van der Waals surface area contributed by atoms with E-state index in [1.54, 1.807) is 0 Å².